The summed E-state index contributed by atoms with van der Waals surface area (Å²) in [6, 6.07) is 0. The van der Waals surface area contributed by atoms with Crippen LogP contribution in [0.5, 0.6) is 0 Å². The monoisotopic (exact) mass is 139 g/mol. The molecule has 0 bridgehead atoms. The summed E-state index contributed by atoms with van der Waals surface area (Å²) < 4.78 is 24.5. The predicted molar refractivity (Wildman–Crippen MR) is 31.8 cm³/mol. The van der Waals surface area contributed by atoms with E-state index in [0.29, 0.717) is 6.54 Å². The van der Waals surface area contributed by atoms with Crippen molar-refractivity contribution in [3.8, 4) is 0 Å². The van der Waals surface area contributed by atoms with Gasteiger partial charge in [0.25, 0.3) is 0 Å². The summed E-state index contributed by atoms with van der Waals surface area (Å²) in [5.41, 5.74) is 0. The Morgan fingerprint density at radius 2 is 2.25 bits per heavy atom. The molecule has 0 aromatic heterocycles. The minimum Gasteiger partial charge on any atom is -0.377 e. The van der Waals surface area contributed by atoms with Crippen LogP contribution < -0.4 is 5.32 Å². The molecule has 0 spiro atoms. The lowest BCUT2D eigenvalue weighted by molar-refractivity contribution is 0.762. The van der Waals surface area contributed by atoms with Crippen LogP contribution in [0.4, 0.5) is 7.77 Å². The molecule has 1 aliphatic heterocycles. The second kappa shape index (κ2) is 1.62. The molecule has 0 saturated carbocycles. The van der Waals surface area contributed by atoms with Crippen molar-refractivity contribution >= 4 is 10.8 Å². The lowest BCUT2D eigenvalue weighted by Crippen LogP contribution is -2.02. The topological polar surface area (TPSA) is 12.0 Å². The number of hydrogen-bond acceptors (Lipinski definition) is 1. The van der Waals surface area contributed by atoms with Crippen LogP contribution in [0.2, 0.25) is 0 Å². The molecule has 8 heavy (non-hydrogen) atoms. The third-order valence-electron chi connectivity index (χ3n) is 1.04. The fraction of sp³-hybridized carbons (Fsp3) is 0.500. The van der Waals surface area contributed by atoms with Crippen molar-refractivity contribution in [1.29, 1.82) is 0 Å². The Kier molecular flexibility index (Phi) is 1.19. The van der Waals surface area contributed by atoms with Gasteiger partial charge in [0, 0.05) is 6.54 Å². The highest BCUT2D eigenvalue weighted by molar-refractivity contribution is 8.28. The third kappa shape index (κ3) is 0.798. The second-order valence-electron chi connectivity index (χ2n) is 1.63. The van der Waals surface area contributed by atoms with Crippen LogP contribution in [-0.2, 0) is 0 Å². The van der Waals surface area contributed by atoms with E-state index in [4.69, 9.17) is 0 Å². The van der Waals surface area contributed by atoms with Crippen LogP contribution in [0.1, 0.15) is 0 Å². The fourth-order valence-corrected chi connectivity index (χ4v) is 1.47. The molecule has 1 aliphatic rings. The van der Waals surface area contributed by atoms with Crippen molar-refractivity contribution in [1.82, 2.24) is 5.32 Å². The average Bonchev–Trinajstić information content (AvgIpc) is 1.86. The third-order valence-corrected chi connectivity index (χ3v) is 2.62. The molecule has 1 rings (SSSR count). The van der Waals surface area contributed by atoms with E-state index < -0.39 is 10.8 Å². The van der Waals surface area contributed by atoms with E-state index in [1.54, 1.807) is 0 Å². The van der Waals surface area contributed by atoms with Crippen molar-refractivity contribution in [2.45, 2.75) is 0 Å². The van der Waals surface area contributed by atoms with Crippen LogP contribution in [0.3, 0.4) is 0 Å². The van der Waals surface area contributed by atoms with Crippen LogP contribution in [0.25, 0.3) is 0 Å². The Bertz CT molecular complexity index is 123. The van der Waals surface area contributed by atoms with E-state index in [9.17, 15) is 7.77 Å². The molecule has 4 heteroatoms. The molecule has 1 heterocycles. The molecule has 1 N–H and O–H groups in total. The maximum absolute atomic E-state index is 12.3. The molecule has 0 radical (unpaired) electrons. The van der Waals surface area contributed by atoms with Crippen LogP contribution in [0.15, 0.2) is 11.6 Å². The molecule has 1 nitrogen and oxygen atoms in total. The molecular weight excluding hydrogens is 132 g/mol. The molecule has 0 unspecified atom stereocenters. The van der Waals surface area contributed by atoms with E-state index in [0.717, 1.165) is 0 Å². The van der Waals surface area contributed by atoms with Crippen molar-refractivity contribution in [3.63, 3.8) is 0 Å². The van der Waals surface area contributed by atoms with Crippen LogP contribution in [0, 0.1) is 0 Å². The minimum absolute atomic E-state index is 0.0220. The fourth-order valence-electron chi connectivity index (χ4n) is 0.547. The number of nitrogens with one attached hydrogen (secondary N) is 1. The second-order valence-corrected chi connectivity index (χ2v) is 3.68. The molecule has 0 aromatic carbocycles. The van der Waals surface area contributed by atoms with Gasteiger partial charge in [0.15, 0.2) is 0 Å². The zero-order valence-corrected chi connectivity index (χ0v) is 5.10. The number of rotatable bonds is 0. The van der Waals surface area contributed by atoms with Crippen molar-refractivity contribution in [2.24, 2.45) is 0 Å². The van der Waals surface area contributed by atoms with E-state index in [-0.39, 0.29) is 10.8 Å². The maximum atomic E-state index is 12.3. The summed E-state index contributed by atoms with van der Waals surface area (Å²) in [6.07, 6.45) is 0. The minimum atomic E-state index is -3.43. The van der Waals surface area contributed by atoms with Gasteiger partial charge in [0.05, 0.1) is 5.75 Å². The quantitative estimate of drug-likeness (QED) is 0.538. The van der Waals surface area contributed by atoms with Crippen LogP contribution >= 0.6 is 10.8 Å². The van der Waals surface area contributed by atoms with Gasteiger partial charge in [-0.15, -0.1) is 0 Å². The van der Waals surface area contributed by atoms with Gasteiger partial charge < -0.3 is 5.32 Å². The Morgan fingerprint density at radius 3 is 2.38 bits per heavy atom. The SMILES string of the molecule is C=C1NCCS1(F)F. The van der Waals surface area contributed by atoms with E-state index in [1.165, 1.54) is 0 Å². The largest absolute Gasteiger partial charge is 0.377 e. The number of halogens is 2. The van der Waals surface area contributed by atoms with Gasteiger partial charge in [-0.3, -0.25) is 0 Å². The summed E-state index contributed by atoms with van der Waals surface area (Å²) in [4.78, 5) is 0. The van der Waals surface area contributed by atoms with Gasteiger partial charge in [-0.25, -0.2) is 0 Å². The first kappa shape index (κ1) is 5.88. The maximum Gasteiger partial charge on any atom is 0.101 e. The summed E-state index contributed by atoms with van der Waals surface area (Å²) in [5.74, 6) is -0.0220. The Labute approximate surface area is 48.7 Å². The summed E-state index contributed by atoms with van der Waals surface area (Å²) in [5, 5.41) is 2.44. The first-order valence-electron chi connectivity index (χ1n) is 2.26. The molecule has 0 aliphatic carbocycles. The van der Waals surface area contributed by atoms with Gasteiger partial charge in [-0.1, -0.05) is 6.58 Å². The molecular formula is C4H7F2NS. The molecule has 48 valence electrons. The Balaban J connectivity index is 2.68. The zero-order chi connectivity index (χ0) is 6.20. The van der Waals surface area contributed by atoms with Crippen LogP contribution in [-0.4, -0.2) is 12.3 Å². The normalized spacial score (nSPS) is 29.5. The first-order chi connectivity index (χ1) is 3.63. The highest BCUT2D eigenvalue weighted by atomic mass is 32.3. The predicted octanol–water partition coefficient (Wildman–Crippen LogP) is 1.63. The van der Waals surface area contributed by atoms with Gasteiger partial charge in [0.1, 0.15) is 15.8 Å². The first-order valence-corrected chi connectivity index (χ1v) is 3.86. The Morgan fingerprint density at radius 1 is 1.62 bits per heavy atom. The molecule has 1 fully saturated rings. The summed E-state index contributed by atoms with van der Waals surface area (Å²) in [7, 11) is -3.43. The van der Waals surface area contributed by atoms with Gasteiger partial charge in [-0.05, 0) is 0 Å². The molecule has 0 amide bonds. The standard InChI is InChI=1S/C4H7F2NS/c1-4-7-2-3-8(4,5)6/h7H,1-3H2. The van der Waals surface area contributed by atoms with E-state index in [1.807, 2.05) is 0 Å². The lowest BCUT2D eigenvalue weighted by Gasteiger charge is -2.11. The van der Waals surface area contributed by atoms with Crippen molar-refractivity contribution < 1.29 is 7.77 Å². The van der Waals surface area contributed by atoms with Gasteiger partial charge in [0.2, 0.25) is 0 Å². The van der Waals surface area contributed by atoms with Crippen molar-refractivity contribution in [3.05, 3.63) is 11.6 Å². The molecule has 1 saturated heterocycles. The molecule has 0 aromatic rings. The van der Waals surface area contributed by atoms with E-state index in [2.05, 4.69) is 11.9 Å². The lowest BCUT2D eigenvalue weighted by atomic mass is 10.7. The average molecular weight is 139 g/mol. The van der Waals surface area contributed by atoms with Gasteiger partial charge >= 0.3 is 0 Å². The van der Waals surface area contributed by atoms with Gasteiger partial charge in [-0.2, -0.15) is 7.77 Å². The summed E-state index contributed by atoms with van der Waals surface area (Å²) >= 11 is 0. The van der Waals surface area contributed by atoms with E-state index >= 15 is 0 Å². The number of hydrogen-bond donors (Lipinski definition) is 1. The highest BCUT2D eigenvalue weighted by Gasteiger charge is 2.31. The summed E-state index contributed by atoms with van der Waals surface area (Å²) in [6.45, 7) is 3.57. The molecule has 0 atom stereocenters. The highest BCUT2D eigenvalue weighted by Crippen LogP contribution is 2.59. The Hall–Kier alpha value is -0.250. The van der Waals surface area contributed by atoms with Crippen molar-refractivity contribution in [2.75, 3.05) is 12.3 Å². The smallest absolute Gasteiger partial charge is 0.101 e. The zero-order valence-electron chi connectivity index (χ0n) is 4.29.